The normalized spacial score (nSPS) is 21.1. The maximum absolute atomic E-state index is 12.8. The van der Waals surface area contributed by atoms with Crippen LogP contribution in [0.2, 0.25) is 5.02 Å². The van der Waals surface area contributed by atoms with E-state index in [1.807, 2.05) is 45.0 Å². The Morgan fingerprint density at radius 3 is 2.80 bits per heavy atom. The van der Waals surface area contributed by atoms with Gasteiger partial charge in [-0.1, -0.05) is 29.8 Å². The molecule has 0 aliphatic carbocycles. The molecular formula is C22H24ClN5O2. The summed E-state index contributed by atoms with van der Waals surface area (Å²) in [5.74, 6) is 0.347. The van der Waals surface area contributed by atoms with Gasteiger partial charge >= 0.3 is 6.09 Å². The van der Waals surface area contributed by atoms with Crippen molar-refractivity contribution in [2.45, 2.75) is 51.2 Å². The van der Waals surface area contributed by atoms with E-state index in [4.69, 9.17) is 16.3 Å². The topological polar surface area (TPSA) is 94.0 Å². The second-order valence-corrected chi connectivity index (χ2v) is 8.96. The molecule has 0 radical (unpaired) electrons. The van der Waals surface area contributed by atoms with Gasteiger partial charge in [-0.2, -0.15) is 10.4 Å². The molecule has 30 heavy (non-hydrogen) atoms. The van der Waals surface area contributed by atoms with Gasteiger partial charge in [-0.3, -0.25) is 10.00 Å². The van der Waals surface area contributed by atoms with Gasteiger partial charge in [0.2, 0.25) is 0 Å². The molecule has 156 valence electrons. The number of H-pyrrole nitrogens is 1. The van der Waals surface area contributed by atoms with Crippen molar-refractivity contribution in [1.82, 2.24) is 15.1 Å². The second kappa shape index (κ2) is 7.69. The number of aromatic amines is 1. The van der Waals surface area contributed by atoms with Crippen LogP contribution in [-0.4, -0.2) is 39.4 Å². The Kier molecular flexibility index (Phi) is 5.20. The first-order valence-electron chi connectivity index (χ1n) is 9.98. The zero-order valence-corrected chi connectivity index (χ0v) is 18.0. The number of fused-ring (bicyclic) bond motifs is 1. The Balaban J connectivity index is 1.79. The van der Waals surface area contributed by atoms with E-state index >= 15 is 0 Å². The minimum atomic E-state index is -0.590. The summed E-state index contributed by atoms with van der Waals surface area (Å²) >= 11 is 6.50. The highest BCUT2D eigenvalue weighted by molar-refractivity contribution is 6.31. The molecule has 2 aromatic rings. The van der Waals surface area contributed by atoms with Gasteiger partial charge in [0.1, 0.15) is 11.4 Å². The Morgan fingerprint density at radius 1 is 1.33 bits per heavy atom. The number of nitriles is 1. The largest absolute Gasteiger partial charge is 0.444 e. The van der Waals surface area contributed by atoms with Crippen molar-refractivity contribution in [2.75, 3.05) is 11.9 Å². The molecule has 2 unspecified atom stereocenters. The van der Waals surface area contributed by atoms with Crippen LogP contribution in [0.1, 0.15) is 50.7 Å². The van der Waals surface area contributed by atoms with Crippen LogP contribution < -0.4 is 5.32 Å². The van der Waals surface area contributed by atoms with Crippen molar-refractivity contribution in [3.05, 3.63) is 57.9 Å². The molecule has 0 saturated carbocycles. The molecule has 1 fully saturated rings. The summed E-state index contributed by atoms with van der Waals surface area (Å²) in [6.45, 7) is 6.12. The van der Waals surface area contributed by atoms with Crippen LogP contribution >= 0.6 is 11.6 Å². The number of carbonyl (C=O) groups is 1. The van der Waals surface area contributed by atoms with Crippen LogP contribution in [0, 0.1) is 11.3 Å². The van der Waals surface area contributed by atoms with Crippen LogP contribution in [0.3, 0.4) is 0 Å². The minimum Gasteiger partial charge on any atom is -0.444 e. The molecule has 2 N–H and O–H groups in total. The molecule has 0 bridgehead atoms. The summed E-state index contributed by atoms with van der Waals surface area (Å²) in [4.78, 5) is 14.5. The molecule has 2 aliphatic heterocycles. The van der Waals surface area contributed by atoms with E-state index in [1.54, 1.807) is 11.1 Å². The fourth-order valence-corrected chi connectivity index (χ4v) is 4.40. The molecule has 2 atom stereocenters. The summed E-state index contributed by atoms with van der Waals surface area (Å²) in [7, 11) is 0. The highest BCUT2D eigenvalue weighted by Crippen LogP contribution is 2.45. The first-order valence-corrected chi connectivity index (χ1v) is 10.4. The predicted molar refractivity (Wildman–Crippen MR) is 114 cm³/mol. The third kappa shape index (κ3) is 3.63. The van der Waals surface area contributed by atoms with Crippen molar-refractivity contribution in [1.29, 1.82) is 5.26 Å². The van der Waals surface area contributed by atoms with E-state index in [2.05, 4.69) is 21.6 Å². The molecule has 7 nitrogen and oxygen atoms in total. The van der Waals surface area contributed by atoms with Crippen LogP contribution in [0.25, 0.3) is 0 Å². The summed E-state index contributed by atoms with van der Waals surface area (Å²) in [5.41, 5.74) is 2.33. The molecule has 2 aliphatic rings. The maximum atomic E-state index is 12.8. The summed E-state index contributed by atoms with van der Waals surface area (Å²) < 4.78 is 5.61. The monoisotopic (exact) mass is 425 g/mol. The van der Waals surface area contributed by atoms with Gasteiger partial charge in [0, 0.05) is 17.1 Å². The smallest absolute Gasteiger partial charge is 0.410 e. The van der Waals surface area contributed by atoms with Crippen molar-refractivity contribution < 1.29 is 9.53 Å². The fourth-order valence-electron chi connectivity index (χ4n) is 4.15. The number of likely N-dealkylation sites (tertiary alicyclic amines) is 1. The quantitative estimate of drug-likeness (QED) is 0.720. The zero-order valence-electron chi connectivity index (χ0n) is 17.2. The lowest BCUT2D eigenvalue weighted by Crippen LogP contribution is -2.43. The Hall–Kier alpha value is -2.98. The van der Waals surface area contributed by atoms with Gasteiger partial charge in [-0.05, 0) is 45.2 Å². The Labute approximate surface area is 180 Å². The van der Waals surface area contributed by atoms with E-state index in [9.17, 15) is 10.1 Å². The first-order chi connectivity index (χ1) is 14.3. The summed E-state index contributed by atoms with van der Waals surface area (Å²) in [6, 6.07) is 9.60. The van der Waals surface area contributed by atoms with E-state index < -0.39 is 5.60 Å². The second-order valence-electron chi connectivity index (χ2n) is 8.55. The summed E-state index contributed by atoms with van der Waals surface area (Å²) in [5, 5.41) is 21.2. The number of nitrogens with one attached hydrogen (secondary N) is 2. The molecule has 0 spiro atoms. The number of nitrogens with zero attached hydrogens (tertiary/aromatic N) is 3. The molecule has 1 aromatic heterocycles. The standard InChI is InChI=1S/C22H24ClN5O2/c1-22(2,3)30-21(29)28-10-6-9-17(28)19-14(11-24)18(13-7-4-5-8-16(13)23)15-12-25-27-20(15)26-19/h4-5,7-8,12,17-18H,6,9-10H2,1-3H3,(H2,25,26,27). The van der Waals surface area contributed by atoms with Gasteiger partial charge in [-0.25, -0.2) is 4.79 Å². The average molecular weight is 426 g/mol. The SMILES string of the molecule is CC(C)(C)OC(=O)N1CCCC1C1=C(C#N)C(c2ccccc2Cl)c2cn[nH]c2N1. The van der Waals surface area contributed by atoms with Gasteiger partial charge in [0.15, 0.2) is 0 Å². The number of rotatable bonds is 2. The molecule has 1 aromatic carbocycles. The number of anilines is 1. The Bertz CT molecular complexity index is 1050. The van der Waals surface area contributed by atoms with E-state index in [-0.39, 0.29) is 18.1 Å². The number of hydrogen-bond acceptors (Lipinski definition) is 5. The lowest BCUT2D eigenvalue weighted by atomic mass is 9.82. The fraction of sp³-hybridized carbons (Fsp3) is 0.409. The number of ether oxygens (including phenoxy) is 1. The predicted octanol–water partition coefficient (Wildman–Crippen LogP) is 4.80. The average Bonchev–Trinajstić information content (AvgIpc) is 3.35. The van der Waals surface area contributed by atoms with Crippen LogP contribution in [0.5, 0.6) is 0 Å². The molecule has 1 amide bonds. The van der Waals surface area contributed by atoms with Crippen molar-refractivity contribution in [3.63, 3.8) is 0 Å². The number of aromatic nitrogens is 2. The van der Waals surface area contributed by atoms with Crippen LogP contribution in [0.4, 0.5) is 10.6 Å². The molecule has 4 rings (SSSR count). The van der Waals surface area contributed by atoms with E-state index in [0.717, 1.165) is 24.0 Å². The molecule has 1 saturated heterocycles. The number of halogens is 1. The molecular weight excluding hydrogens is 402 g/mol. The van der Waals surface area contributed by atoms with Crippen LogP contribution in [0.15, 0.2) is 41.7 Å². The highest BCUT2D eigenvalue weighted by atomic mass is 35.5. The Morgan fingerprint density at radius 2 is 2.10 bits per heavy atom. The first kappa shape index (κ1) is 20.3. The zero-order chi connectivity index (χ0) is 21.5. The number of amides is 1. The van der Waals surface area contributed by atoms with Gasteiger partial charge in [0.25, 0.3) is 0 Å². The van der Waals surface area contributed by atoms with E-state index in [1.165, 1.54) is 0 Å². The molecule has 3 heterocycles. The lowest BCUT2D eigenvalue weighted by Gasteiger charge is -2.34. The molecule has 8 heteroatoms. The van der Waals surface area contributed by atoms with Gasteiger partial charge < -0.3 is 10.1 Å². The number of carbonyl (C=O) groups excluding carboxylic acids is 1. The van der Waals surface area contributed by atoms with Gasteiger partial charge in [-0.15, -0.1) is 0 Å². The third-order valence-electron chi connectivity index (χ3n) is 5.37. The number of hydrogen-bond donors (Lipinski definition) is 2. The van der Waals surface area contributed by atoms with Crippen molar-refractivity contribution >= 4 is 23.5 Å². The number of allylic oxidation sites excluding steroid dienone is 1. The third-order valence-corrected chi connectivity index (χ3v) is 5.71. The number of benzene rings is 1. The van der Waals surface area contributed by atoms with Gasteiger partial charge in [0.05, 0.1) is 35.5 Å². The van der Waals surface area contributed by atoms with Crippen molar-refractivity contribution in [3.8, 4) is 6.07 Å². The van der Waals surface area contributed by atoms with E-state index in [0.29, 0.717) is 28.7 Å². The highest BCUT2D eigenvalue weighted by Gasteiger charge is 2.40. The minimum absolute atomic E-state index is 0.282. The van der Waals surface area contributed by atoms with Crippen molar-refractivity contribution in [2.24, 2.45) is 0 Å². The lowest BCUT2D eigenvalue weighted by molar-refractivity contribution is 0.0249. The van der Waals surface area contributed by atoms with Crippen LogP contribution in [-0.2, 0) is 4.74 Å². The summed E-state index contributed by atoms with van der Waals surface area (Å²) in [6.07, 6.45) is 2.91. The maximum Gasteiger partial charge on any atom is 0.410 e.